The molecule has 0 atom stereocenters. The summed E-state index contributed by atoms with van der Waals surface area (Å²) < 4.78 is 1.61. The highest BCUT2D eigenvalue weighted by Crippen LogP contribution is 2.06. The van der Waals surface area contributed by atoms with Crippen molar-refractivity contribution in [2.45, 2.75) is 6.92 Å². The molecule has 0 aromatic carbocycles. The average Bonchev–Trinajstić information content (AvgIpc) is 2.69. The van der Waals surface area contributed by atoms with Gasteiger partial charge in [0.05, 0.1) is 11.3 Å². The molecule has 2 rings (SSSR count). The fourth-order valence-corrected chi connectivity index (χ4v) is 1.17. The molecule has 0 amide bonds. The maximum Gasteiger partial charge on any atom is 0.339 e. The van der Waals surface area contributed by atoms with Crippen molar-refractivity contribution in [2.24, 2.45) is 0 Å². The third-order valence-corrected chi connectivity index (χ3v) is 1.93. The lowest BCUT2D eigenvalue weighted by molar-refractivity contribution is 0.0695. The van der Waals surface area contributed by atoms with E-state index in [1.54, 1.807) is 30.2 Å². The lowest BCUT2D eigenvalue weighted by atomic mass is 10.2. The van der Waals surface area contributed by atoms with Crippen LogP contribution in [0.2, 0.25) is 0 Å². The zero-order valence-corrected chi connectivity index (χ0v) is 7.95. The Morgan fingerprint density at radius 1 is 1.53 bits per heavy atom. The number of nitrogens with zero attached hydrogens (tertiary/aromatic N) is 4. The Kier molecular flexibility index (Phi) is 2.17. The Bertz CT molecular complexity index is 493. The second-order valence-electron chi connectivity index (χ2n) is 2.94. The van der Waals surface area contributed by atoms with E-state index in [2.05, 4.69) is 15.0 Å². The Morgan fingerprint density at radius 3 is 2.87 bits per heavy atom. The van der Waals surface area contributed by atoms with Crippen LogP contribution in [0.3, 0.4) is 0 Å². The number of imidazole rings is 1. The molecule has 0 spiro atoms. The Labute approximate surface area is 85.3 Å². The molecular weight excluding hydrogens is 196 g/mol. The first-order valence-corrected chi connectivity index (χ1v) is 4.24. The summed E-state index contributed by atoms with van der Waals surface area (Å²) in [4.78, 5) is 22.6. The molecule has 0 aliphatic heterocycles. The molecule has 0 saturated heterocycles. The van der Waals surface area contributed by atoms with E-state index in [1.165, 1.54) is 6.20 Å². The van der Waals surface area contributed by atoms with Gasteiger partial charge in [-0.25, -0.2) is 19.7 Å². The van der Waals surface area contributed by atoms with Crippen LogP contribution in [-0.2, 0) is 0 Å². The number of hydrogen-bond donors (Lipinski definition) is 1. The van der Waals surface area contributed by atoms with Crippen molar-refractivity contribution in [3.8, 4) is 5.95 Å². The van der Waals surface area contributed by atoms with Gasteiger partial charge in [0.25, 0.3) is 0 Å². The van der Waals surface area contributed by atoms with Gasteiger partial charge in [0.1, 0.15) is 6.33 Å². The van der Waals surface area contributed by atoms with Gasteiger partial charge < -0.3 is 5.11 Å². The summed E-state index contributed by atoms with van der Waals surface area (Å²) in [5, 5.41) is 8.79. The lowest BCUT2D eigenvalue weighted by Crippen LogP contribution is -2.07. The van der Waals surface area contributed by atoms with E-state index < -0.39 is 5.97 Å². The Morgan fingerprint density at radius 2 is 2.33 bits per heavy atom. The van der Waals surface area contributed by atoms with Crippen molar-refractivity contribution >= 4 is 5.97 Å². The number of hydrogen-bond acceptors (Lipinski definition) is 4. The molecule has 0 bridgehead atoms. The minimum Gasteiger partial charge on any atom is -0.478 e. The molecule has 0 aliphatic rings. The number of aromatic nitrogens is 4. The van der Waals surface area contributed by atoms with Crippen molar-refractivity contribution in [2.75, 3.05) is 0 Å². The van der Waals surface area contributed by atoms with Crippen LogP contribution in [-0.4, -0.2) is 30.6 Å². The van der Waals surface area contributed by atoms with Gasteiger partial charge in [0, 0.05) is 18.6 Å². The molecule has 76 valence electrons. The van der Waals surface area contributed by atoms with Crippen LogP contribution in [0, 0.1) is 6.92 Å². The van der Waals surface area contributed by atoms with Gasteiger partial charge in [-0.05, 0) is 6.92 Å². The summed E-state index contributed by atoms with van der Waals surface area (Å²) in [7, 11) is 0. The summed E-state index contributed by atoms with van der Waals surface area (Å²) in [5.74, 6) is -0.611. The normalized spacial score (nSPS) is 10.2. The second kappa shape index (κ2) is 3.49. The number of rotatable bonds is 2. The molecule has 2 aromatic rings. The Balaban J connectivity index is 2.47. The number of carboxylic acid groups (broad SMARTS) is 1. The summed E-state index contributed by atoms with van der Waals surface area (Å²) in [6, 6.07) is 0. The first-order chi connectivity index (χ1) is 7.18. The Hall–Kier alpha value is -2.24. The maximum absolute atomic E-state index is 10.7. The van der Waals surface area contributed by atoms with E-state index in [-0.39, 0.29) is 5.56 Å². The molecule has 0 radical (unpaired) electrons. The molecule has 1 N–H and O–H groups in total. The third-order valence-electron chi connectivity index (χ3n) is 1.93. The van der Waals surface area contributed by atoms with E-state index >= 15 is 0 Å². The monoisotopic (exact) mass is 204 g/mol. The van der Waals surface area contributed by atoms with Gasteiger partial charge in [-0.2, -0.15) is 0 Å². The minimum atomic E-state index is -1.02. The summed E-state index contributed by atoms with van der Waals surface area (Å²) >= 11 is 0. The van der Waals surface area contributed by atoms with Crippen LogP contribution in [0.4, 0.5) is 0 Å². The van der Waals surface area contributed by atoms with Crippen molar-refractivity contribution in [3.05, 3.63) is 36.2 Å². The third kappa shape index (κ3) is 1.69. The van der Waals surface area contributed by atoms with E-state index in [0.717, 1.165) is 0 Å². The minimum absolute atomic E-state index is 0.110. The molecule has 15 heavy (non-hydrogen) atoms. The SMILES string of the molecule is Cc1nc(-n2ccnc2)ncc1C(=O)O. The molecule has 0 unspecified atom stereocenters. The number of carboxylic acids is 1. The van der Waals surface area contributed by atoms with Crippen molar-refractivity contribution in [1.82, 2.24) is 19.5 Å². The fraction of sp³-hybridized carbons (Fsp3) is 0.111. The predicted molar refractivity (Wildman–Crippen MR) is 50.9 cm³/mol. The summed E-state index contributed by atoms with van der Waals surface area (Å²) in [6.45, 7) is 1.63. The molecule has 0 aliphatic carbocycles. The topological polar surface area (TPSA) is 80.9 Å². The van der Waals surface area contributed by atoms with Crippen LogP contribution in [0.25, 0.3) is 5.95 Å². The van der Waals surface area contributed by atoms with Crippen LogP contribution < -0.4 is 0 Å². The van der Waals surface area contributed by atoms with Gasteiger partial charge >= 0.3 is 5.97 Å². The largest absolute Gasteiger partial charge is 0.478 e. The highest BCUT2D eigenvalue weighted by Gasteiger charge is 2.10. The van der Waals surface area contributed by atoms with Crippen LogP contribution in [0.15, 0.2) is 24.9 Å². The highest BCUT2D eigenvalue weighted by molar-refractivity contribution is 5.88. The zero-order valence-electron chi connectivity index (χ0n) is 7.95. The molecule has 6 nitrogen and oxygen atoms in total. The van der Waals surface area contributed by atoms with Crippen molar-refractivity contribution in [1.29, 1.82) is 0 Å². The predicted octanol–water partition coefficient (Wildman–Crippen LogP) is 0.669. The molecule has 0 saturated carbocycles. The molecular formula is C9H8N4O2. The van der Waals surface area contributed by atoms with Crippen LogP contribution in [0.1, 0.15) is 16.1 Å². The van der Waals surface area contributed by atoms with E-state index in [9.17, 15) is 4.79 Å². The van der Waals surface area contributed by atoms with E-state index in [1.807, 2.05) is 0 Å². The highest BCUT2D eigenvalue weighted by atomic mass is 16.4. The molecule has 2 aromatic heterocycles. The van der Waals surface area contributed by atoms with E-state index in [4.69, 9.17) is 5.11 Å². The smallest absolute Gasteiger partial charge is 0.339 e. The van der Waals surface area contributed by atoms with Crippen LogP contribution in [0.5, 0.6) is 0 Å². The van der Waals surface area contributed by atoms with Gasteiger partial charge in [0.2, 0.25) is 5.95 Å². The average molecular weight is 204 g/mol. The quantitative estimate of drug-likeness (QED) is 0.777. The lowest BCUT2D eigenvalue weighted by Gasteiger charge is -2.03. The van der Waals surface area contributed by atoms with Gasteiger partial charge in [-0.15, -0.1) is 0 Å². The molecule has 2 heterocycles. The standard InChI is InChI=1S/C9H8N4O2/c1-6-7(8(14)15)4-11-9(12-6)13-3-2-10-5-13/h2-5H,1H3,(H,14,15). The van der Waals surface area contributed by atoms with E-state index in [0.29, 0.717) is 11.6 Å². The zero-order chi connectivity index (χ0) is 10.8. The van der Waals surface area contributed by atoms with Crippen molar-refractivity contribution in [3.63, 3.8) is 0 Å². The molecule has 6 heteroatoms. The fourth-order valence-electron chi connectivity index (χ4n) is 1.17. The second-order valence-corrected chi connectivity index (χ2v) is 2.94. The maximum atomic E-state index is 10.7. The van der Waals surface area contributed by atoms with Gasteiger partial charge in [-0.3, -0.25) is 4.57 Å². The molecule has 0 fully saturated rings. The number of aromatic carboxylic acids is 1. The number of aryl methyl sites for hydroxylation is 1. The first-order valence-electron chi connectivity index (χ1n) is 4.24. The van der Waals surface area contributed by atoms with Crippen LogP contribution >= 0.6 is 0 Å². The summed E-state index contributed by atoms with van der Waals surface area (Å²) in [5.41, 5.74) is 0.542. The number of carbonyl (C=O) groups is 1. The van der Waals surface area contributed by atoms with Crippen molar-refractivity contribution < 1.29 is 9.90 Å². The first kappa shape index (κ1) is 9.32. The van der Waals surface area contributed by atoms with Gasteiger partial charge in [0.15, 0.2) is 0 Å². The van der Waals surface area contributed by atoms with Gasteiger partial charge in [-0.1, -0.05) is 0 Å². The summed E-state index contributed by atoms with van der Waals surface area (Å²) in [6.07, 6.45) is 6.13.